The molecule has 0 aromatic carbocycles. The van der Waals surface area contributed by atoms with Crippen LogP contribution in [0.2, 0.25) is 0 Å². The number of nitrogens with zero attached hydrogens (tertiary/aromatic N) is 2. The van der Waals surface area contributed by atoms with E-state index in [-0.39, 0.29) is 6.04 Å². The lowest BCUT2D eigenvalue weighted by molar-refractivity contribution is 0.776. The topological polar surface area (TPSA) is 75.9 Å². The maximum absolute atomic E-state index is 5.65. The van der Waals surface area contributed by atoms with Crippen LogP contribution in [0.1, 0.15) is 19.7 Å². The van der Waals surface area contributed by atoms with Crippen molar-refractivity contribution in [3.63, 3.8) is 0 Å². The van der Waals surface area contributed by atoms with Crippen LogP contribution in [0.5, 0.6) is 0 Å². The van der Waals surface area contributed by atoms with Crippen molar-refractivity contribution >= 4 is 11.6 Å². The minimum absolute atomic E-state index is 0.114. The zero-order chi connectivity index (χ0) is 11.3. The highest BCUT2D eigenvalue weighted by Crippen LogP contribution is 2.10. The number of rotatable bonds is 5. The first-order valence-electron chi connectivity index (χ1n) is 5.20. The highest BCUT2D eigenvalue weighted by Gasteiger charge is 2.01. The van der Waals surface area contributed by atoms with Crippen LogP contribution in [0.4, 0.5) is 11.6 Å². The predicted molar refractivity (Wildman–Crippen MR) is 63.1 cm³/mol. The van der Waals surface area contributed by atoms with Crippen molar-refractivity contribution in [3.05, 3.63) is 11.9 Å². The third-order valence-corrected chi connectivity index (χ3v) is 1.80. The van der Waals surface area contributed by atoms with Crippen molar-refractivity contribution in [2.45, 2.75) is 26.8 Å². The van der Waals surface area contributed by atoms with Crippen molar-refractivity contribution < 1.29 is 0 Å². The molecule has 4 N–H and O–H groups in total. The number of aryl methyl sites for hydroxylation is 1. The van der Waals surface area contributed by atoms with E-state index in [0.717, 1.165) is 24.0 Å². The number of hydrogen-bond acceptors (Lipinski definition) is 5. The standard InChI is InChI=1S/C10H19N5/c1-4-12-9-5-10(13-6-7(2)11)15-8(3)14-9/h5,7H,4,6,11H2,1-3H3,(H2,12,13,14,15). The molecule has 0 bridgehead atoms. The van der Waals surface area contributed by atoms with Crippen LogP contribution in [-0.4, -0.2) is 29.1 Å². The minimum Gasteiger partial charge on any atom is -0.370 e. The molecule has 0 spiro atoms. The molecule has 0 radical (unpaired) electrons. The second-order valence-electron chi connectivity index (χ2n) is 3.57. The van der Waals surface area contributed by atoms with Gasteiger partial charge in [-0.1, -0.05) is 0 Å². The minimum atomic E-state index is 0.114. The van der Waals surface area contributed by atoms with Crippen LogP contribution < -0.4 is 16.4 Å². The summed E-state index contributed by atoms with van der Waals surface area (Å²) in [6.45, 7) is 7.42. The molecule has 1 rings (SSSR count). The van der Waals surface area contributed by atoms with Crippen molar-refractivity contribution in [1.82, 2.24) is 9.97 Å². The Morgan fingerprint density at radius 2 is 1.93 bits per heavy atom. The van der Waals surface area contributed by atoms with E-state index in [4.69, 9.17) is 5.73 Å². The van der Waals surface area contributed by atoms with Crippen LogP contribution in [0.25, 0.3) is 0 Å². The molecule has 1 heterocycles. The SMILES string of the molecule is CCNc1cc(NCC(C)N)nc(C)n1. The summed E-state index contributed by atoms with van der Waals surface area (Å²) in [5, 5.41) is 6.32. The largest absolute Gasteiger partial charge is 0.370 e. The lowest BCUT2D eigenvalue weighted by Crippen LogP contribution is -2.25. The summed E-state index contributed by atoms with van der Waals surface area (Å²) < 4.78 is 0. The summed E-state index contributed by atoms with van der Waals surface area (Å²) in [6.07, 6.45) is 0. The molecule has 0 aliphatic rings. The predicted octanol–water partition coefficient (Wildman–Crippen LogP) is 0.976. The number of hydrogen-bond donors (Lipinski definition) is 3. The summed E-state index contributed by atoms with van der Waals surface area (Å²) >= 11 is 0. The van der Waals surface area contributed by atoms with E-state index in [0.29, 0.717) is 6.54 Å². The molecule has 0 saturated carbocycles. The first-order chi connectivity index (χ1) is 7.11. The van der Waals surface area contributed by atoms with Gasteiger partial charge in [-0.15, -0.1) is 0 Å². The lowest BCUT2D eigenvalue weighted by atomic mass is 10.3. The Hall–Kier alpha value is -1.36. The van der Waals surface area contributed by atoms with E-state index in [2.05, 4.69) is 20.6 Å². The highest BCUT2D eigenvalue weighted by molar-refractivity contribution is 5.47. The van der Waals surface area contributed by atoms with Gasteiger partial charge in [0.15, 0.2) is 0 Å². The van der Waals surface area contributed by atoms with Gasteiger partial charge < -0.3 is 16.4 Å². The summed E-state index contributed by atoms with van der Waals surface area (Å²) in [5.41, 5.74) is 5.65. The molecule has 84 valence electrons. The molecule has 0 amide bonds. The Balaban J connectivity index is 2.70. The van der Waals surface area contributed by atoms with Crippen LogP contribution in [0.3, 0.4) is 0 Å². The third kappa shape index (κ3) is 4.12. The number of anilines is 2. The van der Waals surface area contributed by atoms with Crippen LogP contribution in [0.15, 0.2) is 6.07 Å². The van der Waals surface area contributed by atoms with E-state index < -0.39 is 0 Å². The molecular formula is C10H19N5. The fourth-order valence-electron chi connectivity index (χ4n) is 1.20. The van der Waals surface area contributed by atoms with Gasteiger partial charge in [-0.3, -0.25) is 0 Å². The summed E-state index contributed by atoms with van der Waals surface area (Å²) in [7, 11) is 0. The number of nitrogens with two attached hydrogens (primary N) is 1. The van der Waals surface area contributed by atoms with E-state index in [1.54, 1.807) is 0 Å². The quantitative estimate of drug-likeness (QED) is 0.674. The Labute approximate surface area is 90.5 Å². The molecule has 15 heavy (non-hydrogen) atoms. The summed E-state index contributed by atoms with van der Waals surface area (Å²) in [5.74, 6) is 2.41. The molecule has 0 aliphatic heterocycles. The number of aromatic nitrogens is 2. The fraction of sp³-hybridized carbons (Fsp3) is 0.600. The molecule has 0 aliphatic carbocycles. The average Bonchev–Trinajstić information content (AvgIpc) is 2.14. The van der Waals surface area contributed by atoms with Gasteiger partial charge in [-0.25, -0.2) is 9.97 Å². The molecule has 1 aromatic heterocycles. The molecule has 1 aromatic rings. The Morgan fingerprint density at radius 1 is 1.33 bits per heavy atom. The van der Waals surface area contributed by atoms with Gasteiger partial charge in [0.1, 0.15) is 17.5 Å². The molecule has 5 heteroatoms. The van der Waals surface area contributed by atoms with Crippen molar-refractivity contribution in [2.24, 2.45) is 5.73 Å². The van der Waals surface area contributed by atoms with Gasteiger partial charge >= 0.3 is 0 Å². The second kappa shape index (κ2) is 5.50. The van der Waals surface area contributed by atoms with Gasteiger partial charge in [0, 0.05) is 25.2 Å². The molecule has 0 fully saturated rings. The van der Waals surface area contributed by atoms with E-state index >= 15 is 0 Å². The van der Waals surface area contributed by atoms with Crippen LogP contribution >= 0.6 is 0 Å². The normalized spacial score (nSPS) is 12.3. The first kappa shape index (κ1) is 11.7. The zero-order valence-electron chi connectivity index (χ0n) is 9.54. The summed E-state index contributed by atoms with van der Waals surface area (Å²) in [6, 6.07) is 2.00. The monoisotopic (exact) mass is 209 g/mol. The average molecular weight is 209 g/mol. The van der Waals surface area contributed by atoms with Crippen molar-refractivity contribution in [2.75, 3.05) is 23.7 Å². The second-order valence-corrected chi connectivity index (χ2v) is 3.57. The number of nitrogens with one attached hydrogen (secondary N) is 2. The van der Waals surface area contributed by atoms with Crippen LogP contribution in [-0.2, 0) is 0 Å². The Morgan fingerprint density at radius 3 is 2.47 bits per heavy atom. The smallest absolute Gasteiger partial charge is 0.131 e. The maximum Gasteiger partial charge on any atom is 0.131 e. The molecule has 0 saturated heterocycles. The Bertz CT molecular complexity index is 311. The molecule has 1 atom stereocenters. The summed E-state index contributed by atoms with van der Waals surface area (Å²) in [4.78, 5) is 8.53. The molecule has 5 nitrogen and oxygen atoms in total. The van der Waals surface area contributed by atoms with Gasteiger partial charge in [0.2, 0.25) is 0 Å². The van der Waals surface area contributed by atoms with E-state index in [1.165, 1.54) is 0 Å². The zero-order valence-corrected chi connectivity index (χ0v) is 9.54. The van der Waals surface area contributed by atoms with Crippen molar-refractivity contribution in [1.29, 1.82) is 0 Å². The van der Waals surface area contributed by atoms with Crippen LogP contribution in [0, 0.1) is 6.92 Å². The fourth-order valence-corrected chi connectivity index (χ4v) is 1.20. The molecule has 1 unspecified atom stereocenters. The van der Waals surface area contributed by atoms with E-state index in [9.17, 15) is 0 Å². The van der Waals surface area contributed by atoms with Gasteiger partial charge in [0.25, 0.3) is 0 Å². The third-order valence-electron chi connectivity index (χ3n) is 1.80. The van der Waals surface area contributed by atoms with Gasteiger partial charge in [0.05, 0.1) is 0 Å². The van der Waals surface area contributed by atoms with E-state index in [1.807, 2.05) is 26.8 Å². The highest BCUT2D eigenvalue weighted by atomic mass is 15.1. The lowest BCUT2D eigenvalue weighted by Gasteiger charge is -2.10. The van der Waals surface area contributed by atoms with Gasteiger partial charge in [-0.05, 0) is 20.8 Å². The Kier molecular flexibility index (Phi) is 4.30. The van der Waals surface area contributed by atoms with Gasteiger partial charge in [-0.2, -0.15) is 0 Å². The van der Waals surface area contributed by atoms with Crippen molar-refractivity contribution in [3.8, 4) is 0 Å². The maximum atomic E-state index is 5.65. The molecular weight excluding hydrogens is 190 g/mol. The first-order valence-corrected chi connectivity index (χ1v) is 5.20.